The summed E-state index contributed by atoms with van der Waals surface area (Å²) in [6, 6.07) is -5.94. The van der Waals surface area contributed by atoms with Gasteiger partial charge in [-0.05, 0) is 13.8 Å². The van der Waals surface area contributed by atoms with Crippen LogP contribution < -0.4 is 16.0 Å². The molecule has 10 heterocycles. The van der Waals surface area contributed by atoms with Crippen molar-refractivity contribution >= 4 is 17.7 Å². The van der Waals surface area contributed by atoms with Crippen LogP contribution in [0.25, 0.3) is 0 Å². The lowest BCUT2D eigenvalue weighted by molar-refractivity contribution is -0.395. The molecule has 0 saturated carbocycles. The first-order valence-electron chi connectivity index (χ1n) is 37.9. The number of hydrogen-bond donors (Lipinski definition) is 30. The molecule has 50 atom stereocenters. The number of aliphatic hydroxyl groups excluding tert-OH is 27. The van der Waals surface area contributed by atoms with Gasteiger partial charge < -0.3 is 244 Å². The van der Waals surface area contributed by atoms with Gasteiger partial charge in [0.2, 0.25) is 17.7 Å². The molecule has 0 aliphatic carbocycles. The SMILES string of the molecule is CC(=O)N[C@H]1[C@H](O[C@H]2[C@@H](O)[C@@H](CO[C@@H]3O[C@H](CO)[C@@H](O[C@@H]4O[C@H](CO)[C@H](O)[C@H](OC5O[C@H](CO)[C@@H](O)[C@H](O[C@@H]6O[C@H](CO)[C@H](O)[C@H](O)[C@H]6O)[C@H]5NC(C)=O)[C@H]4O)[C@H](O[C@@H]4O[C@@H](C)[C@@H](O)[C@@H](O)[C@@H]4O)[C@H]3NC(C)=O)O[C@@H](O[C@H]3[C@H](O)[C@@H](O)C(O)O[C@@H]3CO)[C@@H]2O)O[C@H](CO)[C@@H](O[C@@H]2O[C@H](CO)[C@H](O)[C@H](O)[C@H]2O)[C@@H]1O[C@@H]1O[C@@H](C)[C@@H](O)[C@@H](O)[C@@H]1O. The van der Waals surface area contributed by atoms with Crippen LogP contribution in [-0.2, 0) is 104 Å². The molecule has 3 amide bonds. The fourth-order valence-corrected chi connectivity index (χ4v) is 15.4. The zero-order valence-corrected chi connectivity index (χ0v) is 63.6. The lowest BCUT2D eigenvalue weighted by Gasteiger charge is -2.52. The van der Waals surface area contributed by atoms with E-state index in [1.165, 1.54) is 13.8 Å². The van der Waals surface area contributed by atoms with E-state index in [9.17, 15) is 152 Å². The van der Waals surface area contributed by atoms with Gasteiger partial charge in [0.15, 0.2) is 62.9 Å². The van der Waals surface area contributed by atoms with Crippen molar-refractivity contribution in [2.24, 2.45) is 0 Å². The van der Waals surface area contributed by atoms with Crippen LogP contribution in [0.15, 0.2) is 0 Å². The van der Waals surface area contributed by atoms with Crippen LogP contribution in [0.4, 0.5) is 0 Å². The number of hydrogen-bond acceptors (Lipinski definition) is 49. The van der Waals surface area contributed by atoms with Crippen molar-refractivity contribution < 1.29 is 242 Å². The Morgan fingerprint density at radius 2 is 0.500 bits per heavy atom. The molecule has 2 unspecified atom stereocenters. The van der Waals surface area contributed by atoms with Crippen molar-refractivity contribution in [1.29, 1.82) is 0 Å². The van der Waals surface area contributed by atoms with Gasteiger partial charge in [0.1, 0.15) is 232 Å². The summed E-state index contributed by atoms with van der Waals surface area (Å²) in [7, 11) is 0. The number of rotatable bonds is 29. The average Bonchev–Trinajstić information content (AvgIpc) is 0.763. The highest BCUT2D eigenvalue weighted by atomic mass is 16.8. The molecule has 10 aliphatic heterocycles. The van der Waals surface area contributed by atoms with Gasteiger partial charge in [-0.2, -0.15) is 0 Å². The highest BCUT2D eigenvalue weighted by Crippen LogP contribution is 2.41. The second-order valence-corrected chi connectivity index (χ2v) is 30.2. The lowest BCUT2D eigenvalue weighted by atomic mass is 9.93. The van der Waals surface area contributed by atoms with E-state index in [1.807, 2.05) is 0 Å². The number of aliphatic hydroxyl groups is 27. The van der Waals surface area contributed by atoms with Gasteiger partial charge in [0.05, 0.1) is 65.1 Å². The lowest BCUT2D eigenvalue weighted by Crippen LogP contribution is -2.71. The van der Waals surface area contributed by atoms with Crippen molar-refractivity contribution in [1.82, 2.24) is 16.0 Å². The second-order valence-electron chi connectivity index (χ2n) is 30.2. The van der Waals surface area contributed by atoms with Crippen molar-refractivity contribution in [3.05, 3.63) is 0 Å². The monoisotopic (exact) mass is 1730 g/mol. The Hall–Kier alpha value is -3.43. The maximum absolute atomic E-state index is 13.7. The Labute approximate surface area is 668 Å². The summed E-state index contributed by atoms with van der Waals surface area (Å²) < 4.78 is 114. The van der Waals surface area contributed by atoms with E-state index >= 15 is 0 Å². The van der Waals surface area contributed by atoms with Crippen molar-refractivity contribution in [2.75, 3.05) is 52.9 Å². The minimum atomic E-state index is -2.51. The first-order chi connectivity index (χ1) is 55.8. The maximum atomic E-state index is 13.7. The van der Waals surface area contributed by atoms with Gasteiger partial charge in [0, 0.05) is 20.8 Å². The largest absolute Gasteiger partial charge is 0.394 e. The van der Waals surface area contributed by atoms with Gasteiger partial charge in [-0.3, -0.25) is 14.4 Å². The molecule has 52 heteroatoms. The van der Waals surface area contributed by atoms with E-state index in [1.54, 1.807) is 0 Å². The molecule has 10 aliphatic rings. The third-order valence-electron chi connectivity index (χ3n) is 22.0. The Morgan fingerprint density at radius 3 is 0.890 bits per heavy atom. The normalized spacial score (nSPS) is 51.1. The summed E-state index contributed by atoms with van der Waals surface area (Å²) in [6.07, 6.45) is -97.3. The predicted molar refractivity (Wildman–Crippen MR) is 362 cm³/mol. The third-order valence-corrected chi connectivity index (χ3v) is 22.0. The summed E-state index contributed by atoms with van der Waals surface area (Å²) in [5.74, 6) is -2.96. The van der Waals surface area contributed by atoms with Gasteiger partial charge >= 0.3 is 0 Å². The third kappa shape index (κ3) is 20.8. The molecular formula is C66H111N3O49. The first kappa shape index (κ1) is 96.8. The van der Waals surface area contributed by atoms with E-state index in [0.29, 0.717) is 0 Å². The number of carbonyl (C=O) groups is 3. The van der Waals surface area contributed by atoms with Crippen molar-refractivity contribution in [3.63, 3.8) is 0 Å². The minimum absolute atomic E-state index is 0.917. The Balaban J connectivity index is 0.992. The molecule has 0 aromatic heterocycles. The van der Waals surface area contributed by atoms with E-state index in [0.717, 1.165) is 20.8 Å². The molecule has 10 rings (SSSR count). The zero-order valence-electron chi connectivity index (χ0n) is 63.6. The molecule has 684 valence electrons. The molecule has 10 saturated heterocycles. The second kappa shape index (κ2) is 41.8. The Bertz CT molecular complexity index is 3140. The average molecular weight is 1730 g/mol. The summed E-state index contributed by atoms with van der Waals surface area (Å²) in [4.78, 5) is 40.1. The maximum Gasteiger partial charge on any atom is 0.217 e. The molecule has 10 fully saturated rings. The summed E-state index contributed by atoms with van der Waals surface area (Å²) in [5.41, 5.74) is 0. The van der Waals surface area contributed by atoms with Crippen LogP contribution in [0, 0.1) is 0 Å². The quantitative estimate of drug-likeness (QED) is 0.0331. The smallest absolute Gasteiger partial charge is 0.217 e. The number of amides is 3. The van der Waals surface area contributed by atoms with Crippen LogP contribution in [0.2, 0.25) is 0 Å². The van der Waals surface area contributed by atoms with Crippen LogP contribution in [0.3, 0.4) is 0 Å². The number of ether oxygens (including phenoxy) is 19. The standard InChI is InChI=1S/C66H111N3O49/c1-14-30(80)37(87)43(93)61(101-14)115-53-28(68-17(4)78)58(108-24(11-75)50(53)113-65-47(97)55(35(85)22(9-73)107-65)117-59-27(67-16(3)77)52(34(84)21(8-72)104-59)114-64-46(96)40(90)33(83)20(7-71)106-64)100-13-26-36(86)56(48(98)66(110-26)111-49-23(10-74)103-57(99)42(92)41(49)91)118-60-29(69-18(5)79)54(116-62-44(94)38(88)31(81)15(2)102-62)51(25(12-76)109-60)112-63-45(95)39(89)32(82)19(6-70)105-63/h14-15,19-66,70-76,80-99H,6-13H2,1-5H3,(H,67,77)(H,68,78)(H,69,79)/t14-,15-,19+,20+,21+,22+,23+,24+,25+,26+,27+,28+,29+,30+,31+,32-,33-,34+,35-,36-,37+,38+,39-,40-,41+,42+,43-,44-,45+,46+,47+,48+,49+,50+,51+,52+,53+,54+,55-,56-,57?,58+,59?,60-,61-,62-,63-,64-,65-,66-/m0/s1. The molecule has 30 N–H and O–H groups in total. The fraction of sp³-hybridized carbons (Fsp3) is 0.955. The summed E-state index contributed by atoms with van der Waals surface area (Å²) >= 11 is 0. The number of nitrogens with one attached hydrogen (secondary N) is 3. The predicted octanol–water partition coefficient (Wildman–Crippen LogP) is -20.3. The molecular weight excluding hydrogens is 1620 g/mol. The van der Waals surface area contributed by atoms with Crippen LogP contribution in [-0.4, -0.2) is 515 Å². The van der Waals surface area contributed by atoms with Crippen LogP contribution in [0.5, 0.6) is 0 Å². The molecule has 0 aromatic carbocycles. The Morgan fingerprint density at radius 1 is 0.237 bits per heavy atom. The van der Waals surface area contributed by atoms with Crippen LogP contribution >= 0.6 is 0 Å². The minimum Gasteiger partial charge on any atom is -0.394 e. The zero-order chi connectivity index (χ0) is 86.8. The highest BCUT2D eigenvalue weighted by molar-refractivity contribution is 5.74. The van der Waals surface area contributed by atoms with Crippen molar-refractivity contribution in [3.8, 4) is 0 Å². The van der Waals surface area contributed by atoms with E-state index in [-0.39, 0.29) is 0 Å². The van der Waals surface area contributed by atoms with E-state index in [2.05, 4.69) is 16.0 Å². The van der Waals surface area contributed by atoms with E-state index in [4.69, 9.17) is 90.0 Å². The Kier molecular flexibility index (Phi) is 34.3. The van der Waals surface area contributed by atoms with Gasteiger partial charge in [-0.1, -0.05) is 0 Å². The van der Waals surface area contributed by atoms with Crippen molar-refractivity contribution in [2.45, 2.75) is 341 Å². The number of carbonyl (C=O) groups excluding carboxylic acids is 3. The molecule has 0 spiro atoms. The first-order valence-corrected chi connectivity index (χ1v) is 37.9. The van der Waals surface area contributed by atoms with Gasteiger partial charge in [0.25, 0.3) is 0 Å². The fourth-order valence-electron chi connectivity index (χ4n) is 15.4. The molecule has 118 heavy (non-hydrogen) atoms. The summed E-state index contributed by atoms with van der Waals surface area (Å²) in [6.45, 7) is -3.79. The molecule has 52 nitrogen and oxygen atoms in total. The molecule has 0 aromatic rings. The summed E-state index contributed by atoms with van der Waals surface area (Å²) in [5, 5.41) is 306. The van der Waals surface area contributed by atoms with Gasteiger partial charge in [-0.25, -0.2) is 0 Å². The topological polar surface area (TPSA) is 809 Å². The van der Waals surface area contributed by atoms with Gasteiger partial charge in [-0.15, -0.1) is 0 Å². The van der Waals surface area contributed by atoms with E-state index < -0.39 is 377 Å². The highest BCUT2D eigenvalue weighted by Gasteiger charge is 2.62. The van der Waals surface area contributed by atoms with Crippen LogP contribution in [0.1, 0.15) is 34.6 Å². The molecule has 0 radical (unpaired) electrons. The molecule has 0 bridgehead atoms.